The number of ether oxygens (including phenoxy) is 1. The van der Waals surface area contributed by atoms with Crippen molar-refractivity contribution in [1.29, 1.82) is 0 Å². The molecule has 1 aromatic carbocycles. The third-order valence-corrected chi connectivity index (χ3v) is 3.75. The first-order valence-corrected chi connectivity index (χ1v) is 7.12. The second-order valence-electron chi connectivity index (χ2n) is 4.79. The van der Waals surface area contributed by atoms with Gasteiger partial charge in [-0.05, 0) is 24.5 Å². The summed E-state index contributed by atoms with van der Waals surface area (Å²) in [5, 5.41) is 19.9. The van der Waals surface area contributed by atoms with Crippen molar-refractivity contribution in [3.63, 3.8) is 0 Å². The average Bonchev–Trinajstić information content (AvgIpc) is 2.44. The summed E-state index contributed by atoms with van der Waals surface area (Å²) in [6.07, 6.45) is 2.67. The molecule has 1 aromatic rings. The van der Waals surface area contributed by atoms with E-state index in [0.29, 0.717) is 24.7 Å². The van der Waals surface area contributed by atoms with Gasteiger partial charge in [0.25, 0.3) is 0 Å². The molecule has 0 fully saturated rings. The Balaban J connectivity index is 2.71. The van der Waals surface area contributed by atoms with Gasteiger partial charge >= 0.3 is 0 Å². The van der Waals surface area contributed by atoms with E-state index in [9.17, 15) is 10.2 Å². The molecule has 0 aliphatic heterocycles. The molecule has 0 aromatic heterocycles. The molecule has 0 atom stereocenters. The summed E-state index contributed by atoms with van der Waals surface area (Å²) < 4.78 is 5.53. The van der Waals surface area contributed by atoms with Gasteiger partial charge in [-0.2, -0.15) is 0 Å². The summed E-state index contributed by atoms with van der Waals surface area (Å²) in [7, 11) is 0. The van der Waals surface area contributed by atoms with Gasteiger partial charge in [0.05, 0.1) is 13.2 Å². The molecule has 0 amide bonds. The van der Waals surface area contributed by atoms with Crippen LogP contribution >= 0.6 is 11.6 Å². The molecule has 3 nitrogen and oxygen atoms in total. The Morgan fingerprint density at radius 2 is 1.84 bits per heavy atom. The number of halogens is 1. The molecule has 4 heteroatoms. The fourth-order valence-electron chi connectivity index (χ4n) is 2.02. The van der Waals surface area contributed by atoms with Crippen LogP contribution in [0, 0.1) is 0 Å². The van der Waals surface area contributed by atoms with Crippen molar-refractivity contribution < 1.29 is 14.9 Å². The Kier molecular flexibility index (Phi) is 7.39. The van der Waals surface area contributed by atoms with Crippen molar-refractivity contribution in [2.75, 3.05) is 26.4 Å². The second-order valence-corrected chi connectivity index (χ2v) is 5.20. The third kappa shape index (κ3) is 4.46. The molecule has 0 aliphatic rings. The maximum Gasteiger partial charge on any atom is 0.0551 e. The zero-order valence-electron chi connectivity index (χ0n) is 11.4. The summed E-state index contributed by atoms with van der Waals surface area (Å²) >= 11 is 6.17. The standard InChI is InChI=1S/C15H23ClO3/c1-2-3-9-19-10-8-15(11-17,12-18)13-6-4-5-7-14(13)16/h4-7,17-18H,2-3,8-12H2,1H3. The lowest BCUT2D eigenvalue weighted by Gasteiger charge is -2.31. The summed E-state index contributed by atoms with van der Waals surface area (Å²) in [6.45, 7) is 3.03. The predicted molar refractivity (Wildman–Crippen MR) is 77.6 cm³/mol. The zero-order valence-corrected chi connectivity index (χ0v) is 12.2. The maximum absolute atomic E-state index is 9.68. The van der Waals surface area contributed by atoms with Gasteiger partial charge < -0.3 is 14.9 Å². The van der Waals surface area contributed by atoms with E-state index in [1.165, 1.54) is 0 Å². The van der Waals surface area contributed by atoms with Gasteiger partial charge in [-0.3, -0.25) is 0 Å². The lowest BCUT2D eigenvalue weighted by Crippen LogP contribution is -2.36. The smallest absolute Gasteiger partial charge is 0.0551 e. The molecule has 0 saturated heterocycles. The molecule has 1 rings (SSSR count). The number of benzene rings is 1. The van der Waals surface area contributed by atoms with Gasteiger partial charge in [-0.15, -0.1) is 0 Å². The van der Waals surface area contributed by atoms with Crippen LogP contribution in [0.4, 0.5) is 0 Å². The van der Waals surface area contributed by atoms with E-state index in [-0.39, 0.29) is 13.2 Å². The number of aliphatic hydroxyl groups excluding tert-OH is 2. The van der Waals surface area contributed by atoms with Crippen LogP contribution in [-0.4, -0.2) is 36.6 Å². The van der Waals surface area contributed by atoms with Crippen LogP contribution in [0.15, 0.2) is 24.3 Å². The zero-order chi connectivity index (χ0) is 14.1. The van der Waals surface area contributed by atoms with Crippen LogP contribution in [0.3, 0.4) is 0 Å². The van der Waals surface area contributed by atoms with Crippen LogP contribution < -0.4 is 0 Å². The highest BCUT2D eigenvalue weighted by Crippen LogP contribution is 2.32. The van der Waals surface area contributed by atoms with Crippen LogP contribution in [0.2, 0.25) is 5.02 Å². The monoisotopic (exact) mass is 286 g/mol. The Labute approximate surface area is 120 Å². The van der Waals surface area contributed by atoms with E-state index in [0.717, 1.165) is 18.4 Å². The lowest BCUT2D eigenvalue weighted by atomic mass is 9.79. The summed E-state index contributed by atoms with van der Waals surface area (Å²) in [6, 6.07) is 7.32. The largest absolute Gasteiger partial charge is 0.395 e. The molecule has 0 heterocycles. The van der Waals surface area contributed by atoms with E-state index in [4.69, 9.17) is 16.3 Å². The minimum absolute atomic E-state index is 0.148. The van der Waals surface area contributed by atoms with E-state index in [2.05, 4.69) is 6.92 Å². The highest BCUT2D eigenvalue weighted by molar-refractivity contribution is 6.31. The molecule has 108 valence electrons. The Morgan fingerprint density at radius 1 is 1.16 bits per heavy atom. The van der Waals surface area contributed by atoms with Gasteiger partial charge in [-0.25, -0.2) is 0 Å². The highest BCUT2D eigenvalue weighted by atomic mass is 35.5. The first-order chi connectivity index (χ1) is 9.20. The van der Waals surface area contributed by atoms with Gasteiger partial charge in [0, 0.05) is 23.7 Å². The fraction of sp³-hybridized carbons (Fsp3) is 0.600. The first kappa shape index (κ1) is 16.4. The second kappa shape index (κ2) is 8.54. The van der Waals surface area contributed by atoms with E-state index >= 15 is 0 Å². The van der Waals surface area contributed by atoms with Crippen molar-refractivity contribution >= 4 is 11.6 Å². The van der Waals surface area contributed by atoms with Crippen LogP contribution in [0.1, 0.15) is 31.7 Å². The van der Waals surface area contributed by atoms with Crippen LogP contribution in [0.5, 0.6) is 0 Å². The highest BCUT2D eigenvalue weighted by Gasteiger charge is 2.32. The minimum atomic E-state index is -0.732. The molecule has 0 unspecified atom stereocenters. The number of hydrogen-bond acceptors (Lipinski definition) is 3. The normalized spacial score (nSPS) is 11.8. The SMILES string of the molecule is CCCCOCCC(CO)(CO)c1ccccc1Cl. The Bertz CT molecular complexity index is 364. The molecule has 0 bridgehead atoms. The molecule has 0 aliphatic carbocycles. The van der Waals surface area contributed by atoms with Crippen LogP contribution in [-0.2, 0) is 10.2 Å². The van der Waals surface area contributed by atoms with E-state index < -0.39 is 5.41 Å². The van der Waals surface area contributed by atoms with Gasteiger partial charge in [0.15, 0.2) is 0 Å². The van der Waals surface area contributed by atoms with Gasteiger partial charge in [0.2, 0.25) is 0 Å². The molecular weight excluding hydrogens is 264 g/mol. The Hall–Kier alpha value is -0.610. The van der Waals surface area contributed by atoms with Crippen molar-refractivity contribution in [3.05, 3.63) is 34.9 Å². The quantitative estimate of drug-likeness (QED) is 0.686. The molecule has 0 spiro atoms. The first-order valence-electron chi connectivity index (χ1n) is 6.74. The molecule has 0 saturated carbocycles. The Morgan fingerprint density at radius 3 is 2.42 bits per heavy atom. The van der Waals surface area contributed by atoms with Crippen molar-refractivity contribution in [2.24, 2.45) is 0 Å². The molecule has 0 radical (unpaired) electrons. The summed E-state index contributed by atoms with van der Waals surface area (Å²) in [5.74, 6) is 0. The topological polar surface area (TPSA) is 49.7 Å². The number of rotatable bonds is 9. The van der Waals surface area contributed by atoms with E-state index in [1.54, 1.807) is 6.07 Å². The van der Waals surface area contributed by atoms with Gasteiger partial charge in [-0.1, -0.05) is 43.1 Å². The van der Waals surface area contributed by atoms with Crippen molar-refractivity contribution in [2.45, 2.75) is 31.6 Å². The molecular formula is C15H23ClO3. The average molecular weight is 287 g/mol. The molecule has 19 heavy (non-hydrogen) atoms. The minimum Gasteiger partial charge on any atom is -0.395 e. The van der Waals surface area contributed by atoms with E-state index in [1.807, 2.05) is 18.2 Å². The lowest BCUT2D eigenvalue weighted by molar-refractivity contribution is 0.0616. The molecule has 2 N–H and O–H groups in total. The fourth-order valence-corrected chi connectivity index (χ4v) is 2.36. The van der Waals surface area contributed by atoms with Crippen molar-refractivity contribution in [3.8, 4) is 0 Å². The maximum atomic E-state index is 9.68. The summed E-state index contributed by atoms with van der Waals surface area (Å²) in [4.78, 5) is 0. The predicted octanol–water partition coefficient (Wildman–Crippen LogP) is 2.77. The number of unbranched alkanes of at least 4 members (excludes halogenated alkanes) is 1. The summed E-state index contributed by atoms with van der Waals surface area (Å²) in [5.41, 5.74) is 0.0469. The number of hydrogen-bond donors (Lipinski definition) is 2. The third-order valence-electron chi connectivity index (χ3n) is 3.42. The van der Waals surface area contributed by atoms with Crippen LogP contribution in [0.25, 0.3) is 0 Å². The van der Waals surface area contributed by atoms with Crippen molar-refractivity contribution in [1.82, 2.24) is 0 Å². The van der Waals surface area contributed by atoms with Gasteiger partial charge in [0.1, 0.15) is 0 Å². The number of aliphatic hydroxyl groups is 2.